The molecule has 2 aliphatic rings. The average molecular weight is 336 g/mol. The van der Waals surface area contributed by atoms with Crippen LogP contribution < -0.4 is 10.2 Å². The van der Waals surface area contributed by atoms with Crippen molar-refractivity contribution >= 4 is 16.7 Å². The van der Waals surface area contributed by atoms with E-state index in [9.17, 15) is 0 Å². The van der Waals surface area contributed by atoms with Crippen molar-refractivity contribution in [3.8, 4) is 11.1 Å². The number of nitrogens with one attached hydrogen (secondary N) is 3. The van der Waals surface area contributed by atoms with Gasteiger partial charge in [0, 0.05) is 54.0 Å². The molecule has 0 radical (unpaired) electrons. The third kappa shape index (κ3) is 2.52. The monoisotopic (exact) mass is 336 g/mol. The predicted molar refractivity (Wildman–Crippen MR) is 99.7 cm³/mol. The Morgan fingerprint density at radius 1 is 1.12 bits per heavy atom. The molecule has 0 bridgehead atoms. The van der Waals surface area contributed by atoms with Crippen LogP contribution in [-0.4, -0.2) is 45.3 Å². The first-order valence-corrected chi connectivity index (χ1v) is 9.30. The molecule has 0 aromatic carbocycles. The first-order chi connectivity index (χ1) is 12.3. The van der Waals surface area contributed by atoms with Crippen molar-refractivity contribution in [2.75, 3.05) is 24.5 Å². The number of nitrogens with zero attached hydrogens (tertiary/aromatic N) is 3. The van der Waals surface area contributed by atoms with Crippen LogP contribution in [0.3, 0.4) is 0 Å². The van der Waals surface area contributed by atoms with E-state index in [1.807, 2.05) is 24.8 Å². The van der Waals surface area contributed by atoms with Gasteiger partial charge in [-0.15, -0.1) is 0 Å². The van der Waals surface area contributed by atoms with E-state index in [1.165, 1.54) is 48.7 Å². The summed E-state index contributed by atoms with van der Waals surface area (Å²) >= 11 is 0. The largest absolute Gasteiger partial charge is 0.369 e. The number of piperidine rings is 2. The molecule has 5 rings (SSSR count). The fourth-order valence-electron chi connectivity index (χ4n) is 4.64. The van der Waals surface area contributed by atoms with Crippen molar-refractivity contribution in [2.24, 2.45) is 0 Å². The molecule has 5 heterocycles. The highest BCUT2D eigenvalue weighted by molar-refractivity contribution is 6.02. The summed E-state index contributed by atoms with van der Waals surface area (Å²) in [7, 11) is 0. The molecule has 6 heteroatoms. The Bertz CT molecular complexity index is 854. The summed E-state index contributed by atoms with van der Waals surface area (Å²) in [6.45, 7) is 3.35. The number of hydrogen-bond donors (Lipinski definition) is 3. The van der Waals surface area contributed by atoms with Crippen LogP contribution in [0.25, 0.3) is 22.2 Å². The summed E-state index contributed by atoms with van der Waals surface area (Å²) in [5.74, 6) is 0. The maximum atomic E-state index is 4.54. The second-order valence-corrected chi connectivity index (χ2v) is 7.43. The number of rotatable bonds is 2. The Labute approximate surface area is 147 Å². The summed E-state index contributed by atoms with van der Waals surface area (Å²) in [5.41, 5.74) is 4.79. The number of H-pyrrole nitrogens is 2. The van der Waals surface area contributed by atoms with Crippen LogP contribution in [0.2, 0.25) is 0 Å². The number of pyridine rings is 1. The van der Waals surface area contributed by atoms with Gasteiger partial charge in [0.1, 0.15) is 5.65 Å². The van der Waals surface area contributed by atoms with Gasteiger partial charge in [0.2, 0.25) is 0 Å². The minimum absolute atomic E-state index is 0.290. The minimum atomic E-state index is 0.290. The van der Waals surface area contributed by atoms with Gasteiger partial charge in [0.15, 0.2) is 0 Å². The maximum Gasteiger partial charge on any atom is 0.139 e. The summed E-state index contributed by atoms with van der Waals surface area (Å²) in [4.78, 5) is 10.4. The smallest absolute Gasteiger partial charge is 0.139 e. The van der Waals surface area contributed by atoms with Gasteiger partial charge in [-0.3, -0.25) is 5.10 Å². The van der Waals surface area contributed by atoms with E-state index in [1.54, 1.807) is 0 Å². The van der Waals surface area contributed by atoms with Crippen molar-refractivity contribution < 1.29 is 0 Å². The first-order valence-electron chi connectivity index (χ1n) is 9.30. The second kappa shape index (κ2) is 5.88. The topological polar surface area (TPSA) is 72.6 Å². The second-order valence-electron chi connectivity index (χ2n) is 7.43. The molecule has 3 aromatic rings. The Balaban J connectivity index is 1.57. The molecule has 3 aromatic heterocycles. The maximum absolute atomic E-state index is 4.54. The highest BCUT2D eigenvalue weighted by Gasteiger charge is 2.36. The summed E-state index contributed by atoms with van der Waals surface area (Å²) in [5, 5.41) is 12.1. The highest BCUT2D eigenvalue weighted by atomic mass is 15.2. The number of hydrogen-bond acceptors (Lipinski definition) is 4. The molecule has 1 spiro atoms. The molecular weight excluding hydrogens is 312 g/mol. The van der Waals surface area contributed by atoms with Crippen LogP contribution in [0.15, 0.2) is 30.9 Å². The number of aromatic amines is 2. The van der Waals surface area contributed by atoms with Gasteiger partial charge in [-0.05, 0) is 38.3 Å². The molecule has 2 fully saturated rings. The normalized spacial score (nSPS) is 24.2. The molecule has 0 aliphatic carbocycles. The Morgan fingerprint density at radius 2 is 2.08 bits per heavy atom. The molecule has 1 unspecified atom stereocenters. The van der Waals surface area contributed by atoms with Gasteiger partial charge in [0.25, 0.3) is 0 Å². The van der Waals surface area contributed by atoms with Gasteiger partial charge >= 0.3 is 0 Å². The lowest BCUT2D eigenvalue weighted by atomic mass is 9.81. The highest BCUT2D eigenvalue weighted by Crippen LogP contribution is 2.38. The van der Waals surface area contributed by atoms with Crippen LogP contribution >= 0.6 is 0 Å². The average Bonchev–Trinajstić information content (AvgIpc) is 3.31. The fourth-order valence-corrected chi connectivity index (χ4v) is 4.64. The molecule has 2 saturated heterocycles. The molecule has 130 valence electrons. The van der Waals surface area contributed by atoms with E-state index in [2.05, 4.69) is 36.4 Å². The van der Waals surface area contributed by atoms with Crippen molar-refractivity contribution in [3.63, 3.8) is 0 Å². The van der Waals surface area contributed by atoms with E-state index in [-0.39, 0.29) is 5.54 Å². The lowest BCUT2D eigenvalue weighted by molar-refractivity contribution is 0.216. The Morgan fingerprint density at radius 3 is 2.92 bits per heavy atom. The molecular formula is C19H24N6. The van der Waals surface area contributed by atoms with Crippen molar-refractivity contribution in [3.05, 3.63) is 30.9 Å². The zero-order chi connectivity index (χ0) is 16.7. The van der Waals surface area contributed by atoms with E-state index >= 15 is 0 Å². The molecule has 0 saturated carbocycles. The van der Waals surface area contributed by atoms with E-state index in [4.69, 9.17) is 0 Å². The quantitative estimate of drug-likeness (QED) is 0.672. The fraction of sp³-hybridized carbons (Fsp3) is 0.474. The third-order valence-corrected chi connectivity index (χ3v) is 5.86. The molecule has 6 nitrogen and oxygen atoms in total. The lowest BCUT2D eigenvalue weighted by Gasteiger charge is -2.47. The Hall–Kier alpha value is -2.34. The van der Waals surface area contributed by atoms with Crippen LogP contribution in [0.5, 0.6) is 0 Å². The van der Waals surface area contributed by atoms with Gasteiger partial charge in [-0.25, -0.2) is 4.98 Å². The zero-order valence-corrected chi connectivity index (χ0v) is 14.4. The molecule has 0 amide bonds. The molecule has 3 N–H and O–H groups in total. The van der Waals surface area contributed by atoms with Crippen LogP contribution in [0.4, 0.5) is 5.69 Å². The third-order valence-electron chi connectivity index (χ3n) is 5.86. The predicted octanol–water partition coefficient (Wildman–Crippen LogP) is 3.07. The number of anilines is 1. The van der Waals surface area contributed by atoms with Crippen LogP contribution in [-0.2, 0) is 0 Å². The number of fused-ring (bicyclic) bond motifs is 1. The summed E-state index contributed by atoms with van der Waals surface area (Å²) in [6.07, 6.45) is 14.3. The lowest BCUT2D eigenvalue weighted by Crippen LogP contribution is -2.59. The summed E-state index contributed by atoms with van der Waals surface area (Å²) in [6, 6.07) is 2.17. The van der Waals surface area contributed by atoms with E-state index < -0.39 is 0 Å². The standard InChI is InChI=1S/C19H24N6/c1-2-7-22-19(5-1)6-3-9-25(13-19)16-4-8-20-18-17(16)15(12-21-18)14-10-23-24-11-14/h4,8,10-12,22H,1-3,5-7,9,13H2,(H,20,21)(H,23,24). The zero-order valence-electron chi connectivity index (χ0n) is 14.4. The van der Waals surface area contributed by atoms with E-state index in [0.29, 0.717) is 0 Å². The van der Waals surface area contributed by atoms with Gasteiger partial charge in [-0.1, -0.05) is 6.42 Å². The van der Waals surface area contributed by atoms with E-state index in [0.717, 1.165) is 30.8 Å². The van der Waals surface area contributed by atoms with Gasteiger partial charge < -0.3 is 15.2 Å². The van der Waals surface area contributed by atoms with Crippen LogP contribution in [0.1, 0.15) is 32.1 Å². The minimum Gasteiger partial charge on any atom is -0.369 e. The van der Waals surface area contributed by atoms with Crippen molar-refractivity contribution in [2.45, 2.75) is 37.6 Å². The van der Waals surface area contributed by atoms with Crippen LogP contribution in [0, 0.1) is 0 Å². The SMILES string of the molecule is c1cc(N2CCCC3(CCCCN3)C2)c2c(-c3cn[nH]c3)c[nH]c2n1. The molecule has 25 heavy (non-hydrogen) atoms. The molecule has 1 atom stereocenters. The van der Waals surface area contributed by atoms with Crippen molar-refractivity contribution in [1.82, 2.24) is 25.5 Å². The van der Waals surface area contributed by atoms with Gasteiger partial charge in [0.05, 0.1) is 11.6 Å². The molecule has 2 aliphatic heterocycles. The summed E-state index contributed by atoms with van der Waals surface area (Å²) < 4.78 is 0. The first kappa shape index (κ1) is 15.0. The van der Waals surface area contributed by atoms with Crippen molar-refractivity contribution in [1.29, 1.82) is 0 Å². The van der Waals surface area contributed by atoms with Gasteiger partial charge in [-0.2, -0.15) is 5.10 Å². The Kier molecular flexibility index (Phi) is 3.52. The number of aromatic nitrogens is 4.